The molecule has 66 valence electrons. The van der Waals surface area contributed by atoms with E-state index in [0.717, 1.165) is 0 Å². The summed E-state index contributed by atoms with van der Waals surface area (Å²) in [5.41, 5.74) is 1.52. The summed E-state index contributed by atoms with van der Waals surface area (Å²) in [4.78, 5) is 2.24. The van der Waals surface area contributed by atoms with Crippen LogP contribution in [0.5, 0.6) is 0 Å². The molecule has 0 aromatic heterocycles. The average molecular weight is 155 g/mol. The Morgan fingerprint density at radius 1 is 1.27 bits per heavy atom. The summed E-state index contributed by atoms with van der Waals surface area (Å²) in [5, 5.41) is 0. The van der Waals surface area contributed by atoms with Crippen molar-refractivity contribution in [3.63, 3.8) is 0 Å². The number of nitrogens with zero attached hydrogens (tertiary/aromatic N) is 1. The van der Waals surface area contributed by atoms with Crippen LogP contribution in [0.25, 0.3) is 0 Å². The Bertz CT molecular complexity index is 114. The molecule has 0 saturated carbocycles. The van der Waals surface area contributed by atoms with Crippen LogP contribution in [0, 0.1) is 0 Å². The van der Waals surface area contributed by atoms with E-state index in [4.69, 9.17) is 0 Å². The molecule has 0 aliphatic heterocycles. The average Bonchev–Trinajstić information content (AvgIpc) is 1.97. The van der Waals surface area contributed by atoms with E-state index in [-0.39, 0.29) is 0 Å². The van der Waals surface area contributed by atoms with Gasteiger partial charge in [-0.3, -0.25) is 0 Å². The lowest BCUT2D eigenvalue weighted by molar-refractivity contribution is 0.394. The number of unbranched alkanes of at least 4 members (excludes halogenated alkanes) is 1. The van der Waals surface area contributed by atoms with Gasteiger partial charge in [0.2, 0.25) is 0 Å². The van der Waals surface area contributed by atoms with Gasteiger partial charge >= 0.3 is 0 Å². The molecule has 0 fully saturated rings. The molecule has 0 saturated heterocycles. The van der Waals surface area contributed by atoms with Gasteiger partial charge in [-0.2, -0.15) is 0 Å². The maximum absolute atomic E-state index is 2.24. The Hall–Kier alpha value is -0.300. The molecule has 0 aromatic carbocycles. The van der Waals surface area contributed by atoms with Gasteiger partial charge in [0.05, 0.1) is 0 Å². The second kappa shape index (κ2) is 6.41. The summed E-state index contributed by atoms with van der Waals surface area (Å²) in [6.07, 6.45) is 6.12. The third-order valence-electron chi connectivity index (χ3n) is 1.92. The molecule has 0 heterocycles. The van der Waals surface area contributed by atoms with E-state index in [1.807, 2.05) is 0 Å². The van der Waals surface area contributed by atoms with Crippen molar-refractivity contribution in [1.82, 2.24) is 4.90 Å². The first-order valence-corrected chi connectivity index (χ1v) is 4.43. The van der Waals surface area contributed by atoms with Gasteiger partial charge in [0, 0.05) is 0 Å². The summed E-state index contributed by atoms with van der Waals surface area (Å²) >= 11 is 0. The summed E-state index contributed by atoms with van der Waals surface area (Å²) in [6.45, 7) is 5.54. The highest BCUT2D eigenvalue weighted by atomic mass is 15.0. The normalized spacial score (nSPS) is 12.6. The quantitative estimate of drug-likeness (QED) is 0.436. The second-order valence-electron chi connectivity index (χ2n) is 3.40. The summed E-state index contributed by atoms with van der Waals surface area (Å²) < 4.78 is 0. The summed E-state index contributed by atoms with van der Waals surface area (Å²) in [5.74, 6) is 0. The first kappa shape index (κ1) is 10.7. The minimum Gasteiger partial charge on any atom is -0.309 e. The second-order valence-corrected chi connectivity index (χ2v) is 3.40. The van der Waals surface area contributed by atoms with E-state index in [1.54, 1.807) is 0 Å². The molecule has 0 rings (SSSR count). The van der Waals surface area contributed by atoms with Crippen molar-refractivity contribution in [2.45, 2.75) is 33.1 Å². The fourth-order valence-electron chi connectivity index (χ4n) is 0.976. The lowest BCUT2D eigenvalue weighted by Crippen LogP contribution is -2.12. The molecule has 0 aliphatic rings. The molecule has 0 bridgehead atoms. The standard InChI is InChI=1S/C10H21N/c1-5-10(2)8-6-7-9-11(3)4/h5H,6-9H2,1-4H3. The third kappa shape index (κ3) is 7.60. The zero-order valence-corrected chi connectivity index (χ0v) is 8.35. The number of allylic oxidation sites excluding steroid dienone is 2. The number of hydrogen-bond acceptors (Lipinski definition) is 1. The highest BCUT2D eigenvalue weighted by molar-refractivity contribution is 4.94. The van der Waals surface area contributed by atoms with Crippen LogP contribution in [0.4, 0.5) is 0 Å². The molecule has 0 N–H and O–H groups in total. The molecular weight excluding hydrogens is 134 g/mol. The lowest BCUT2D eigenvalue weighted by atomic mass is 10.1. The predicted octanol–water partition coefficient (Wildman–Crippen LogP) is 2.68. The van der Waals surface area contributed by atoms with Crippen molar-refractivity contribution in [2.75, 3.05) is 20.6 Å². The molecule has 0 aliphatic carbocycles. The van der Waals surface area contributed by atoms with Crippen LogP contribution in [0.15, 0.2) is 11.6 Å². The Balaban J connectivity index is 3.15. The molecule has 1 nitrogen and oxygen atoms in total. The van der Waals surface area contributed by atoms with E-state index < -0.39 is 0 Å². The van der Waals surface area contributed by atoms with Crippen molar-refractivity contribution >= 4 is 0 Å². The van der Waals surface area contributed by atoms with Gasteiger partial charge in [-0.05, 0) is 53.8 Å². The van der Waals surface area contributed by atoms with Gasteiger partial charge in [-0.25, -0.2) is 0 Å². The van der Waals surface area contributed by atoms with Crippen molar-refractivity contribution in [1.29, 1.82) is 0 Å². The van der Waals surface area contributed by atoms with E-state index >= 15 is 0 Å². The van der Waals surface area contributed by atoms with Gasteiger partial charge in [-0.1, -0.05) is 11.6 Å². The Morgan fingerprint density at radius 2 is 1.91 bits per heavy atom. The third-order valence-corrected chi connectivity index (χ3v) is 1.92. The van der Waals surface area contributed by atoms with E-state index in [1.165, 1.54) is 31.4 Å². The van der Waals surface area contributed by atoms with Gasteiger partial charge in [0.15, 0.2) is 0 Å². The van der Waals surface area contributed by atoms with Gasteiger partial charge in [0.25, 0.3) is 0 Å². The molecule has 0 spiro atoms. The first-order valence-electron chi connectivity index (χ1n) is 4.43. The Labute approximate surface area is 71.1 Å². The molecule has 11 heavy (non-hydrogen) atoms. The minimum atomic E-state index is 1.22. The van der Waals surface area contributed by atoms with Crippen LogP contribution in [0.1, 0.15) is 33.1 Å². The number of rotatable bonds is 5. The highest BCUT2D eigenvalue weighted by Crippen LogP contribution is 2.05. The van der Waals surface area contributed by atoms with Crippen LogP contribution < -0.4 is 0 Å². The zero-order chi connectivity index (χ0) is 8.69. The van der Waals surface area contributed by atoms with Crippen molar-refractivity contribution in [3.8, 4) is 0 Å². The molecule has 1 heteroatoms. The molecule has 0 aromatic rings. The molecule has 0 amide bonds. The largest absolute Gasteiger partial charge is 0.309 e. The fourth-order valence-corrected chi connectivity index (χ4v) is 0.976. The van der Waals surface area contributed by atoms with E-state index in [2.05, 4.69) is 38.9 Å². The highest BCUT2D eigenvalue weighted by Gasteiger charge is 1.91. The molecular formula is C10H21N. The summed E-state index contributed by atoms with van der Waals surface area (Å²) in [6, 6.07) is 0. The topological polar surface area (TPSA) is 3.24 Å². The van der Waals surface area contributed by atoms with Crippen molar-refractivity contribution in [3.05, 3.63) is 11.6 Å². The van der Waals surface area contributed by atoms with Crippen LogP contribution in [-0.4, -0.2) is 25.5 Å². The zero-order valence-electron chi connectivity index (χ0n) is 8.35. The Morgan fingerprint density at radius 3 is 2.36 bits per heavy atom. The first-order chi connectivity index (χ1) is 5.16. The van der Waals surface area contributed by atoms with Gasteiger partial charge in [0.1, 0.15) is 0 Å². The van der Waals surface area contributed by atoms with Crippen LogP contribution in [-0.2, 0) is 0 Å². The van der Waals surface area contributed by atoms with Gasteiger partial charge in [-0.15, -0.1) is 0 Å². The smallest absolute Gasteiger partial charge is 0.00247 e. The monoisotopic (exact) mass is 155 g/mol. The van der Waals surface area contributed by atoms with Crippen LogP contribution in [0.3, 0.4) is 0 Å². The SMILES string of the molecule is CC=C(C)CCCCN(C)C. The predicted molar refractivity (Wildman–Crippen MR) is 51.8 cm³/mol. The summed E-state index contributed by atoms with van der Waals surface area (Å²) in [7, 11) is 4.25. The van der Waals surface area contributed by atoms with E-state index in [9.17, 15) is 0 Å². The van der Waals surface area contributed by atoms with E-state index in [0.29, 0.717) is 0 Å². The maximum Gasteiger partial charge on any atom is -0.00247 e. The molecule has 0 unspecified atom stereocenters. The van der Waals surface area contributed by atoms with Crippen LogP contribution in [0.2, 0.25) is 0 Å². The van der Waals surface area contributed by atoms with Crippen molar-refractivity contribution < 1.29 is 0 Å². The molecule has 0 radical (unpaired) electrons. The Kier molecular flexibility index (Phi) is 6.24. The number of hydrogen-bond donors (Lipinski definition) is 0. The maximum atomic E-state index is 2.24. The fraction of sp³-hybridized carbons (Fsp3) is 0.800. The minimum absolute atomic E-state index is 1.22. The molecule has 0 atom stereocenters. The van der Waals surface area contributed by atoms with Crippen LogP contribution >= 0.6 is 0 Å². The lowest BCUT2D eigenvalue weighted by Gasteiger charge is -2.08. The van der Waals surface area contributed by atoms with Crippen molar-refractivity contribution in [2.24, 2.45) is 0 Å². The van der Waals surface area contributed by atoms with Gasteiger partial charge < -0.3 is 4.90 Å².